The number of ether oxygens (including phenoxy) is 2. The molecule has 0 saturated carbocycles. The van der Waals surface area contributed by atoms with E-state index in [1.54, 1.807) is 25.6 Å². The van der Waals surface area contributed by atoms with Crippen molar-refractivity contribution in [2.45, 2.75) is 20.0 Å². The number of rotatable bonds is 7. The number of methoxy groups -OCH3 is 2. The molecule has 0 saturated heterocycles. The van der Waals surface area contributed by atoms with Crippen LogP contribution in [-0.4, -0.2) is 31.2 Å². The third-order valence-corrected chi connectivity index (χ3v) is 5.93. The van der Waals surface area contributed by atoms with Crippen LogP contribution < -0.4 is 9.47 Å². The molecule has 0 bridgehead atoms. The number of benzene rings is 1. The number of hydrogen-bond donors (Lipinski definition) is 0. The lowest BCUT2D eigenvalue weighted by molar-refractivity contribution is 0.318. The van der Waals surface area contributed by atoms with E-state index >= 15 is 0 Å². The van der Waals surface area contributed by atoms with Crippen molar-refractivity contribution in [1.82, 2.24) is 9.88 Å². The average molecular weight is 375 g/mol. The van der Waals surface area contributed by atoms with E-state index in [-0.39, 0.29) is 0 Å². The smallest absolute Gasteiger partial charge is 0.170 e. The topological polar surface area (TPSA) is 34.6 Å². The summed E-state index contributed by atoms with van der Waals surface area (Å²) in [7, 11) is 5.44. The van der Waals surface area contributed by atoms with Crippen molar-refractivity contribution in [1.29, 1.82) is 0 Å². The van der Waals surface area contributed by atoms with Crippen molar-refractivity contribution < 1.29 is 9.47 Å². The van der Waals surface area contributed by atoms with E-state index in [4.69, 9.17) is 14.5 Å². The highest BCUT2D eigenvalue weighted by molar-refractivity contribution is 7.13. The second-order valence-electron chi connectivity index (χ2n) is 5.88. The van der Waals surface area contributed by atoms with E-state index < -0.39 is 0 Å². The fourth-order valence-electron chi connectivity index (χ4n) is 2.70. The molecule has 3 rings (SSSR count). The summed E-state index contributed by atoms with van der Waals surface area (Å²) in [6, 6.07) is 8.05. The Balaban J connectivity index is 1.76. The lowest BCUT2D eigenvalue weighted by Crippen LogP contribution is -2.17. The monoisotopic (exact) mass is 374 g/mol. The van der Waals surface area contributed by atoms with Gasteiger partial charge in [0.2, 0.25) is 0 Å². The predicted octanol–water partition coefficient (Wildman–Crippen LogP) is 4.83. The van der Waals surface area contributed by atoms with Crippen molar-refractivity contribution in [3.05, 3.63) is 51.2 Å². The van der Waals surface area contributed by atoms with Crippen LogP contribution in [0.15, 0.2) is 35.0 Å². The molecule has 0 unspecified atom stereocenters. The summed E-state index contributed by atoms with van der Waals surface area (Å²) < 4.78 is 10.9. The number of nitrogens with zero attached hydrogens (tertiary/aromatic N) is 2. The van der Waals surface area contributed by atoms with Crippen molar-refractivity contribution in [2.75, 3.05) is 21.3 Å². The molecule has 0 amide bonds. The second kappa shape index (κ2) is 7.99. The fraction of sp³-hybridized carbons (Fsp3) is 0.316. The molecule has 4 nitrogen and oxygen atoms in total. The Morgan fingerprint density at radius 1 is 1.08 bits per heavy atom. The van der Waals surface area contributed by atoms with Crippen molar-refractivity contribution in [3.8, 4) is 22.1 Å². The van der Waals surface area contributed by atoms with E-state index in [0.29, 0.717) is 0 Å². The van der Waals surface area contributed by atoms with Gasteiger partial charge in [-0.1, -0.05) is 6.07 Å². The lowest BCUT2D eigenvalue weighted by atomic mass is 10.2. The maximum Gasteiger partial charge on any atom is 0.170 e. The first-order valence-electron chi connectivity index (χ1n) is 7.99. The van der Waals surface area contributed by atoms with Crippen LogP contribution in [0.2, 0.25) is 0 Å². The van der Waals surface area contributed by atoms with Gasteiger partial charge in [-0.25, -0.2) is 4.98 Å². The molecule has 0 spiro atoms. The molecule has 0 aliphatic rings. The molecule has 25 heavy (non-hydrogen) atoms. The van der Waals surface area contributed by atoms with Crippen LogP contribution in [0.3, 0.4) is 0 Å². The molecule has 0 N–H and O–H groups in total. The summed E-state index contributed by atoms with van der Waals surface area (Å²) in [5, 5.41) is 5.21. The Morgan fingerprint density at radius 2 is 1.92 bits per heavy atom. The number of hydrogen-bond acceptors (Lipinski definition) is 6. The predicted molar refractivity (Wildman–Crippen MR) is 105 cm³/mol. The van der Waals surface area contributed by atoms with Gasteiger partial charge >= 0.3 is 0 Å². The molecule has 3 aromatic rings. The minimum Gasteiger partial charge on any atom is -0.493 e. The summed E-state index contributed by atoms with van der Waals surface area (Å²) in [4.78, 5) is 8.50. The Kier molecular flexibility index (Phi) is 5.73. The minimum absolute atomic E-state index is 0.724. The highest BCUT2D eigenvalue weighted by Gasteiger charge is 2.15. The molecule has 132 valence electrons. The van der Waals surface area contributed by atoms with Crippen LogP contribution in [0.1, 0.15) is 16.1 Å². The molecule has 1 aromatic carbocycles. The van der Waals surface area contributed by atoms with Gasteiger partial charge in [-0.05, 0) is 43.1 Å². The van der Waals surface area contributed by atoms with Gasteiger partial charge in [-0.2, -0.15) is 0 Å². The number of aryl methyl sites for hydroxylation is 1. The second-order valence-corrected chi connectivity index (χ2v) is 7.74. The van der Waals surface area contributed by atoms with Gasteiger partial charge in [0.25, 0.3) is 0 Å². The molecule has 2 aromatic heterocycles. The standard InChI is InChI=1S/C19H22N2O2S2/c1-13-8-9-24-17(13)11-21(2)10-14-12-25-19(20-14)15-6-5-7-16(22-3)18(15)23-4/h5-9,12H,10-11H2,1-4H3. The molecule has 0 aliphatic heterocycles. The quantitative estimate of drug-likeness (QED) is 0.593. The molecule has 0 aliphatic carbocycles. The van der Waals surface area contributed by atoms with Crippen LogP contribution in [0, 0.1) is 6.92 Å². The SMILES string of the molecule is COc1cccc(-c2nc(CN(C)Cc3sccc3C)cs2)c1OC. The first-order valence-corrected chi connectivity index (χ1v) is 9.75. The highest BCUT2D eigenvalue weighted by atomic mass is 32.1. The number of thiophene rings is 1. The van der Waals surface area contributed by atoms with Crippen LogP contribution >= 0.6 is 22.7 Å². The van der Waals surface area contributed by atoms with Gasteiger partial charge in [-0.15, -0.1) is 22.7 Å². The number of thiazole rings is 1. The van der Waals surface area contributed by atoms with Crippen molar-refractivity contribution in [2.24, 2.45) is 0 Å². The normalized spacial score (nSPS) is 11.1. The van der Waals surface area contributed by atoms with Gasteiger partial charge in [0, 0.05) is 23.3 Å². The van der Waals surface area contributed by atoms with Gasteiger partial charge < -0.3 is 9.47 Å². The number of aromatic nitrogens is 1. The third kappa shape index (κ3) is 4.03. The zero-order chi connectivity index (χ0) is 17.8. The lowest BCUT2D eigenvalue weighted by Gasteiger charge is -2.14. The molecule has 2 heterocycles. The summed E-state index contributed by atoms with van der Waals surface area (Å²) in [5.41, 5.74) is 3.40. The van der Waals surface area contributed by atoms with E-state index in [1.165, 1.54) is 10.4 Å². The van der Waals surface area contributed by atoms with Gasteiger partial charge in [-0.3, -0.25) is 4.90 Å². The highest BCUT2D eigenvalue weighted by Crippen LogP contribution is 2.39. The van der Waals surface area contributed by atoms with Crippen LogP contribution in [0.5, 0.6) is 11.5 Å². The summed E-state index contributed by atoms with van der Waals surface area (Å²) in [5.74, 6) is 1.45. The first kappa shape index (κ1) is 17.9. The molecule has 0 fully saturated rings. The Labute approximate surface area is 156 Å². The van der Waals surface area contributed by atoms with E-state index in [0.717, 1.165) is 40.9 Å². The van der Waals surface area contributed by atoms with E-state index in [9.17, 15) is 0 Å². The molecular formula is C19H22N2O2S2. The molecule has 0 atom stereocenters. The maximum atomic E-state index is 5.53. The Hall–Kier alpha value is -1.89. The maximum absolute atomic E-state index is 5.53. The summed E-state index contributed by atoms with van der Waals surface area (Å²) >= 11 is 3.44. The minimum atomic E-state index is 0.724. The third-order valence-electron chi connectivity index (χ3n) is 4.00. The Morgan fingerprint density at radius 3 is 2.60 bits per heavy atom. The van der Waals surface area contributed by atoms with Gasteiger partial charge in [0.15, 0.2) is 11.5 Å². The zero-order valence-corrected chi connectivity index (χ0v) is 16.5. The van der Waals surface area contributed by atoms with Crippen LogP contribution in [0.4, 0.5) is 0 Å². The van der Waals surface area contributed by atoms with Gasteiger partial charge in [0.05, 0.1) is 25.5 Å². The van der Waals surface area contributed by atoms with E-state index in [2.05, 4.69) is 35.7 Å². The molecule has 6 heteroatoms. The van der Waals surface area contributed by atoms with Crippen molar-refractivity contribution >= 4 is 22.7 Å². The van der Waals surface area contributed by atoms with Crippen LogP contribution in [0.25, 0.3) is 10.6 Å². The molecular weight excluding hydrogens is 352 g/mol. The fourth-order valence-corrected chi connectivity index (χ4v) is 4.52. The van der Waals surface area contributed by atoms with Gasteiger partial charge in [0.1, 0.15) is 5.01 Å². The summed E-state index contributed by atoms with van der Waals surface area (Å²) in [6.45, 7) is 3.93. The zero-order valence-electron chi connectivity index (χ0n) is 14.9. The number of para-hydroxylation sites is 1. The summed E-state index contributed by atoms with van der Waals surface area (Å²) in [6.07, 6.45) is 0. The van der Waals surface area contributed by atoms with Crippen LogP contribution in [-0.2, 0) is 13.1 Å². The Bertz CT molecular complexity index is 842. The van der Waals surface area contributed by atoms with E-state index in [1.807, 2.05) is 29.5 Å². The first-order chi connectivity index (χ1) is 12.1. The average Bonchev–Trinajstić information content (AvgIpc) is 3.23. The largest absolute Gasteiger partial charge is 0.493 e. The van der Waals surface area contributed by atoms with Crippen molar-refractivity contribution in [3.63, 3.8) is 0 Å². The molecule has 0 radical (unpaired) electrons.